The van der Waals surface area contributed by atoms with Gasteiger partial charge in [-0.1, -0.05) is 12.1 Å². The summed E-state index contributed by atoms with van der Waals surface area (Å²) in [6.45, 7) is 0. The van der Waals surface area contributed by atoms with E-state index in [9.17, 15) is 20.0 Å². The summed E-state index contributed by atoms with van der Waals surface area (Å²) in [7, 11) is 1.49. The highest BCUT2D eigenvalue weighted by Crippen LogP contribution is 2.37. The van der Waals surface area contributed by atoms with E-state index < -0.39 is 10.8 Å². The van der Waals surface area contributed by atoms with Crippen molar-refractivity contribution in [1.82, 2.24) is 4.98 Å². The number of ether oxygens (including phenoxy) is 1. The Hall–Kier alpha value is -3.75. The third-order valence-electron chi connectivity index (χ3n) is 3.53. The summed E-state index contributed by atoms with van der Waals surface area (Å²) in [6.07, 6.45) is 0. The van der Waals surface area contributed by atoms with Crippen LogP contribution in [0.1, 0.15) is 10.4 Å². The number of hydrogen-bond donors (Lipinski definition) is 2. The summed E-state index contributed by atoms with van der Waals surface area (Å²) < 4.78 is 5.11. The number of nitro groups is 1. The van der Waals surface area contributed by atoms with Crippen LogP contribution in [-0.4, -0.2) is 28.0 Å². The number of amides is 1. The molecule has 1 heterocycles. The highest BCUT2D eigenvalue weighted by atomic mass is 16.6. The molecule has 0 saturated carbocycles. The number of aromatic hydroxyl groups is 1. The van der Waals surface area contributed by atoms with Gasteiger partial charge in [-0.05, 0) is 24.3 Å². The largest absolute Gasteiger partial charge is 0.497 e. The number of fused-ring (bicyclic) bond motifs is 1. The maximum Gasteiger partial charge on any atom is 0.302 e. The van der Waals surface area contributed by atoms with Crippen molar-refractivity contribution in [2.75, 3.05) is 7.11 Å². The molecule has 1 aromatic heterocycles. The van der Waals surface area contributed by atoms with Crippen LogP contribution in [0.2, 0.25) is 0 Å². The Labute approximate surface area is 140 Å². The number of azo groups is 1. The third-order valence-corrected chi connectivity index (χ3v) is 3.53. The number of H-pyrrole nitrogens is 1. The Morgan fingerprint density at radius 2 is 2.04 bits per heavy atom. The van der Waals surface area contributed by atoms with Gasteiger partial charge in [-0.2, -0.15) is 0 Å². The fourth-order valence-corrected chi connectivity index (χ4v) is 2.33. The fourth-order valence-electron chi connectivity index (χ4n) is 2.33. The number of benzene rings is 2. The molecule has 0 unspecified atom stereocenters. The maximum absolute atomic E-state index is 12.2. The Bertz CT molecular complexity index is 1010. The first-order valence-corrected chi connectivity index (χ1v) is 7.09. The van der Waals surface area contributed by atoms with Gasteiger partial charge in [0.15, 0.2) is 5.69 Å². The van der Waals surface area contributed by atoms with Crippen molar-refractivity contribution in [3.63, 3.8) is 0 Å². The number of carbonyl (C=O) groups excluding carboxylic acids is 1. The normalized spacial score (nSPS) is 11.1. The van der Waals surface area contributed by atoms with Crippen LogP contribution >= 0.6 is 0 Å². The van der Waals surface area contributed by atoms with E-state index in [0.29, 0.717) is 16.7 Å². The fraction of sp³-hybridized carbons (Fsp3) is 0.0625. The zero-order chi connectivity index (χ0) is 18.0. The minimum absolute atomic E-state index is 0.0424. The van der Waals surface area contributed by atoms with Gasteiger partial charge in [-0.25, -0.2) is 0 Å². The van der Waals surface area contributed by atoms with Gasteiger partial charge >= 0.3 is 5.91 Å². The average Bonchev–Trinajstić information content (AvgIpc) is 2.93. The van der Waals surface area contributed by atoms with E-state index in [1.165, 1.54) is 31.4 Å². The van der Waals surface area contributed by atoms with Crippen molar-refractivity contribution in [2.45, 2.75) is 0 Å². The molecule has 2 N–H and O–H groups in total. The summed E-state index contributed by atoms with van der Waals surface area (Å²) >= 11 is 0. The predicted octanol–water partition coefficient (Wildman–Crippen LogP) is 3.71. The number of para-hydroxylation sites is 1. The molecule has 0 aliphatic rings. The lowest BCUT2D eigenvalue weighted by molar-refractivity contribution is -0.385. The lowest BCUT2D eigenvalue weighted by Gasteiger charge is -1.99. The molecule has 9 nitrogen and oxygen atoms in total. The van der Waals surface area contributed by atoms with E-state index in [4.69, 9.17) is 4.74 Å². The van der Waals surface area contributed by atoms with Gasteiger partial charge in [-0.3, -0.25) is 14.9 Å². The van der Waals surface area contributed by atoms with Crippen molar-refractivity contribution >= 4 is 28.2 Å². The summed E-state index contributed by atoms with van der Waals surface area (Å²) in [5, 5.41) is 28.7. The van der Waals surface area contributed by atoms with Crippen molar-refractivity contribution < 1.29 is 19.6 Å². The number of methoxy groups -OCH3 is 1. The van der Waals surface area contributed by atoms with E-state index >= 15 is 0 Å². The van der Waals surface area contributed by atoms with Crippen LogP contribution in [0.25, 0.3) is 10.9 Å². The zero-order valence-electron chi connectivity index (χ0n) is 13.0. The number of aromatic amines is 1. The molecule has 0 aliphatic carbocycles. The zero-order valence-corrected chi connectivity index (χ0v) is 13.0. The van der Waals surface area contributed by atoms with E-state index in [2.05, 4.69) is 15.2 Å². The van der Waals surface area contributed by atoms with Gasteiger partial charge in [0.1, 0.15) is 11.3 Å². The Morgan fingerprint density at radius 3 is 2.76 bits per heavy atom. The number of hydrogen-bond acceptors (Lipinski definition) is 6. The number of nitro benzene ring substituents is 1. The molecule has 0 spiro atoms. The van der Waals surface area contributed by atoms with Crippen LogP contribution in [0.15, 0.2) is 52.7 Å². The highest BCUT2D eigenvalue weighted by molar-refractivity contribution is 5.99. The van der Waals surface area contributed by atoms with Gasteiger partial charge in [0.2, 0.25) is 5.88 Å². The van der Waals surface area contributed by atoms with Crippen LogP contribution in [0.3, 0.4) is 0 Å². The van der Waals surface area contributed by atoms with Crippen molar-refractivity contribution in [2.24, 2.45) is 10.2 Å². The standard InChI is InChI=1S/C16H12N4O5/c1-25-9-6-7-12-11(8-9)14(16(22)17-12)18-19-15(21)10-4-2-3-5-13(10)20(23)24/h2-8,17,22H,1H3. The SMILES string of the molecule is COc1ccc2[nH]c(O)c(N=NC(=O)c3ccccc3[N+](=O)[O-])c2c1. The summed E-state index contributed by atoms with van der Waals surface area (Å²) in [5.74, 6) is -0.626. The smallest absolute Gasteiger partial charge is 0.302 e. The van der Waals surface area contributed by atoms with Crippen molar-refractivity contribution in [3.05, 3.63) is 58.1 Å². The second-order valence-electron chi connectivity index (χ2n) is 5.01. The first kappa shape index (κ1) is 16.1. The van der Waals surface area contributed by atoms with E-state index in [1.807, 2.05) is 0 Å². The Balaban J connectivity index is 2.00. The van der Waals surface area contributed by atoms with Gasteiger partial charge in [0, 0.05) is 11.5 Å². The van der Waals surface area contributed by atoms with Crippen LogP contribution in [0.5, 0.6) is 11.6 Å². The monoisotopic (exact) mass is 340 g/mol. The number of rotatable bonds is 4. The molecule has 9 heteroatoms. The number of aromatic nitrogens is 1. The van der Waals surface area contributed by atoms with Gasteiger partial charge in [0.25, 0.3) is 5.69 Å². The molecule has 25 heavy (non-hydrogen) atoms. The molecular formula is C16H12N4O5. The first-order chi connectivity index (χ1) is 12.0. The molecule has 2 aromatic carbocycles. The van der Waals surface area contributed by atoms with E-state index in [1.54, 1.807) is 18.2 Å². The van der Waals surface area contributed by atoms with Gasteiger partial charge in [0.05, 0.1) is 17.5 Å². The average molecular weight is 340 g/mol. The molecule has 0 fully saturated rings. The van der Waals surface area contributed by atoms with Crippen LogP contribution in [0.4, 0.5) is 11.4 Å². The lowest BCUT2D eigenvalue weighted by atomic mass is 10.2. The van der Waals surface area contributed by atoms with E-state index in [-0.39, 0.29) is 22.8 Å². The molecule has 0 atom stereocenters. The molecule has 0 aliphatic heterocycles. The molecule has 3 rings (SSSR count). The van der Waals surface area contributed by atoms with E-state index in [0.717, 1.165) is 0 Å². The molecule has 0 bridgehead atoms. The molecular weight excluding hydrogens is 328 g/mol. The first-order valence-electron chi connectivity index (χ1n) is 7.09. The summed E-state index contributed by atoms with van der Waals surface area (Å²) in [4.78, 5) is 25.2. The number of nitrogens with one attached hydrogen (secondary N) is 1. The van der Waals surface area contributed by atoms with Crippen molar-refractivity contribution in [1.29, 1.82) is 0 Å². The molecule has 3 aromatic rings. The number of nitrogens with zero attached hydrogens (tertiary/aromatic N) is 3. The van der Waals surface area contributed by atoms with Gasteiger partial charge < -0.3 is 14.8 Å². The minimum atomic E-state index is -0.885. The van der Waals surface area contributed by atoms with Crippen LogP contribution in [0, 0.1) is 10.1 Å². The summed E-state index contributed by atoms with van der Waals surface area (Å²) in [6, 6.07) is 10.4. The number of carbonyl (C=O) groups is 1. The summed E-state index contributed by atoms with van der Waals surface area (Å²) in [5.41, 5.74) is 0.0654. The Kier molecular flexibility index (Phi) is 4.12. The second-order valence-corrected chi connectivity index (χ2v) is 5.01. The lowest BCUT2D eigenvalue weighted by Crippen LogP contribution is -2.00. The third kappa shape index (κ3) is 3.02. The Morgan fingerprint density at radius 1 is 1.28 bits per heavy atom. The van der Waals surface area contributed by atoms with Gasteiger partial charge in [-0.15, -0.1) is 10.2 Å². The molecule has 1 amide bonds. The van der Waals surface area contributed by atoms with Crippen LogP contribution in [-0.2, 0) is 0 Å². The second kappa shape index (κ2) is 6.40. The highest BCUT2D eigenvalue weighted by Gasteiger charge is 2.19. The maximum atomic E-state index is 12.2. The molecule has 0 radical (unpaired) electrons. The molecule has 126 valence electrons. The topological polar surface area (TPSA) is 130 Å². The van der Waals surface area contributed by atoms with Crippen molar-refractivity contribution in [3.8, 4) is 11.6 Å². The quantitative estimate of drug-likeness (QED) is 0.424. The van der Waals surface area contributed by atoms with Crippen LogP contribution < -0.4 is 4.74 Å². The predicted molar refractivity (Wildman–Crippen MR) is 88.5 cm³/mol. The molecule has 0 saturated heterocycles. The minimum Gasteiger partial charge on any atom is -0.497 e.